The molecule has 4 heteroatoms. The van der Waals surface area contributed by atoms with Crippen molar-refractivity contribution in [3.63, 3.8) is 0 Å². The molecule has 0 aliphatic heterocycles. The predicted octanol–water partition coefficient (Wildman–Crippen LogP) is 3.57. The third-order valence-corrected chi connectivity index (χ3v) is 2.88. The van der Waals surface area contributed by atoms with E-state index in [0.717, 1.165) is 4.47 Å². The predicted molar refractivity (Wildman–Crippen MR) is 59.4 cm³/mol. The lowest BCUT2D eigenvalue weighted by Gasteiger charge is -2.24. The van der Waals surface area contributed by atoms with Gasteiger partial charge in [0.05, 0.1) is 5.41 Å². The first-order valence-electron chi connectivity index (χ1n) is 4.48. The van der Waals surface area contributed by atoms with E-state index in [-0.39, 0.29) is 0 Å². The van der Waals surface area contributed by atoms with E-state index in [1.165, 1.54) is 13.8 Å². The van der Waals surface area contributed by atoms with Crippen molar-refractivity contribution in [2.45, 2.75) is 20.0 Å². The number of rotatable bonds is 3. The molecule has 0 saturated heterocycles. The van der Waals surface area contributed by atoms with Gasteiger partial charge in [-0.05, 0) is 31.5 Å². The standard InChI is InChI=1S/C11H12BrFO2/c1-11(2,10(14)15)9(13)7-3-5-8(12)6-4-7/h3-6,9H,1-2H3,(H,14,15). The molecule has 0 bridgehead atoms. The van der Waals surface area contributed by atoms with Crippen LogP contribution in [0.5, 0.6) is 0 Å². The van der Waals surface area contributed by atoms with Crippen molar-refractivity contribution in [2.75, 3.05) is 0 Å². The third-order valence-electron chi connectivity index (χ3n) is 2.35. The van der Waals surface area contributed by atoms with E-state index >= 15 is 0 Å². The van der Waals surface area contributed by atoms with Gasteiger partial charge in [0.1, 0.15) is 6.17 Å². The molecule has 1 aromatic carbocycles. The van der Waals surface area contributed by atoms with Crippen molar-refractivity contribution in [3.05, 3.63) is 34.3 Å². The highest BCUT2D eigenvalue weighted by atomic mass is 79.9. The Balaban J connectivity index is 2.99. The Hall–Kier alpha value is -0.900. The second-order valence-corrected chi connectivity index (χ2v) is 4.86. The van der Waals surface area contributed by atoms with Crippen LogP contribution in [0, 0.1) is 5.41 Å². The molecule has 0 fully saturated rings. The molecule has 1 unspecified atom stereocenters. The van der Waals surface area contributed by atoms with Crippen LogP contribution in [0.15, 0.2) is 28.7 Å². The first-order valence-corrected chi connectivity index (χ1v) is 5.28. The quantitative estimate of drug-likeness (QED) is 0.915. The van der Waals surface area contributed by atoms with Gasteiger partial charge in [0.15, 0.2) is 0 Å². The number of halogens is 2. The topological polar surface area (TPSA) is 37.3 Å². The minimum Gasteiger partial charge on any atom is -0.481 e. The number of alkyl halides is 1. The van der Waals surface area contributed by atoms with E-state index in [2.05, 4.69) is 15.9 Å². The van der Waals surface area contributed by atoms with Crippen molar-refractivity contribution < 1.29 is 14.3 Å². The summed E-state index contributed by atoms with van der Waals surface area (Å²) in [6, 6.07) is 6.55. The molecule has 1 rings (SSSR count). The van der Waals surface area contributed by atoms with Gasteiger partial charge in [-0.2, -0.15) is 0 Å². The van der Waals surface area contributed by atoms with E-state index in [4.69, 9.17) is 5.11 Å². The first-order chi connectivity index (χ1) is 6.85. The zero-order valence-corrected chi connectivity index (χ0v) is 10.1. The maximum atomic E-state index is 13.9. The fourth-order valence-electron chi connectivity index (χ4n) is 1.16. The monoisotopic (exact) mass is 274 g/mol. The Bertz CT molecular complexity index is 359. The summed E-state index contributed by atoms with van der Waals surface area (Å²) in [6.07, 6.45) is -1.51. The van der Waals surface area contributed by atoms with Gasteiger partial charge in [0.2, 0.25) is 0 Å². The van der Waals surface area contributed by atoms with Gasteiger partial charge >= 0.3 is 5.97 Å². The molecule has 0 spiro atoms. The summed E-state index contributed by atoms with van der Waals surface area (Å²) < 4.78 is 14.7. The molecule has 1 atom stereocenters. The van der Waals surface area contributed by atoms with Gasteiger partial charge in [-0.25, -0.2) is 4.39 Å². The van der Waals surface area contributed by atoms with E-state index < -0.39 is 17.6 Å². The number of benzene rings is 1. The Kier molecular flexibility index (Phi) is 3.50. The van der Waals surface area contributed by atoms with E-state index in [1.54, 1.807) is 24.3 Å². The molecule has 1 N–H and O–H groups in total. The van der Waals surface area contributed by atoms with E-state index in [9.17, 15) is 9.18 Å². The van der Waals surface area contributed by atoms with Crippen molar-refractivity contribution in [1.82, 2.24) is 0 Å². The van der Waals surface area contributed by atoms with Crippen LogP contribution >= 0.6 is 15.9 Å². The smallest absolute Gasteiger partial charge is 0.312 e. The van der Waals surface area contributed by atoms with Gasteiger partial charge in [0, 0.05) is 4.47 Å². The minimum atomic E-state index is -1.51. The Morgan fingerprint density at radius 1 is 1.40 bits per heavy atom. The largest absolute Gasteiger partial charge is 0.481 e. The van der Waals surface area contributed by atoms with Crippen LogP contribution in [0.2, 0.25) is 0 Å². The zero-order valence-electron chi connectivity index (χ0n) is 8.50. The van der Waals surface area contributed by atoms with Crippen LogP contribution in [0.3, 0.4) is 0 Å². The van der Waals surface area contributed by atoms with Gasteiger partial charge in [-0.3, -0.25) is 4.79 Å². The first kappa shape index (κ1) is 12.2. The summed E-state index contributed by atoms with van der Waals surface area (Å²) in [4.78, 5) is 10.9. The average Bonchev–Trinajstić information content (AvgIpc) is 2.17. The van der Waals surface area contributed by atoms with Gasteiger partial charge < -0.3 is 5.11 Å². The fraction of sp³-hybridized carbons (Fsp3) is 0.364. The molecule has 0 heterocycles. The van der Waals surface area contributed by atoms with Crippen molar-refractivity contribution >= 4 is 21.9 Å². The minimum absolute atomic E-state index is 0.380. The molecular weight excluding hydrogens is 263 g/mol. The molecule has 0 radical (unpaired) electrons. The second-order valence-electron chi connectivity index (χ2n) is 3.94. The Labute approximate surface area is 96.2 Å². The van der Waals surface area contributed by atoms with Gasteiger partial charge in [-0.1, -0.05) is 28.1 Å². The molecule has 0 aliphatic rings. The number of hydrogen-bond acceptors (Lipinski definition) is 1. The summed E-state index contributed by atoms with van der Waals surface area (Å²) in [5, 5.41) is 8.88. The molecule has 0 amide bonds. The number of carboxylic acids is 1. The van der Waals surface area contributed by atoms with Crippen molar-refractivity contribution in [1.29, 1.82) is 0 Å². The second kappa shape index (κ2) is 4.31. The number of carbonyl (C=O) groups is 1. The molecule has 15 heavy (non-hydrogen) atoms. The highest BCUT2D eigenvalue weighted by Gasteiger charge is 2.38. The van der Waals surface area contributed by atoms with Gasteiger partial charge in [-0.15, -0.1) is 0 Å². The normalized spacial score (nSPS) is 13.6. The summed E-state index contributed by atoms with van der Waals surface area (Å²) >= 11 is 3.24. The van der Waals surface area contributed by atoms with Crippen molar-refractivity contribution in [3.8, 4) is 0 Å². The SMILES string of the molecule is CC(C)(C(=O)O)C(F)c1ccc(Br)cc1. The fourth-order valence-corrected chi connectivity index (χ4v) is 1.42. The lowest BCUT2D eigenvalue weighted by molar-refractivity contribution is -0.150. The van der Waals surface area contributed by atoms with Crippen molar-refractivity contribution in [2.24, 2.45) is 5.41 Å². The van der Waals surface area contributed by atoms with E-state index in [0.29, 0.717) is 5.56 Å². The molecule has 82 valence electrons. The van der Waals surface area contributed by atoms with Crippen LogP contribution in [0.1, 0.15) is 25.6 Å². The summed E-state index contributed by atoms with van der Waals surface area (Å²) in [6.45, 7) is 2.75. The van der Waals surface area contributed by atoms with Crippen LogP contribution in [0.4, 0.5) is 4.39 Å². The molecule has 0 saturated carbocycles. The Morgan fingerprint density at radius 2 is 1.87 bits per heavy atom. The maximum Gasteiger partial charge on any atom is 0.312 e. The average molecular weight is 275 g/mol. The summed E-state index contributed by atoms with van der Waals surface area (Å²) in [5.41, 5.74) is -1.03. The van der Waals surface area contributed by atoms with Crippen LogP contribution < -0.4 is 0 Å². The van der Waals surface area contributed by atoms with E-state index in [1.807, 2.05) is 0 Å². The lowest BCUT2D eigenvalue weighted by Crippen LogP contribution is -2.29. The van der Waals surface area contributed by atoms with Gasteiger partial charge in [0.25, 0.3) is 0 Å². The Morgan fingerprint density at radius 3 is 2.27 bits per heavy atom. The van der Waals surface area contributed by atoms with Crippen LogP contribution in [-0.2, 0) is 4.79 Å². The molecular formula is C11H12BrFO2. The van der Waals surface area contributed by atoms with Crippen LogP contribution in [0.25, 0.3) is 0 Å². The molecule has 0 aromatic heterocycles. The number of carboxylic acid groups (broad SMARTS) is 1. The summed E-state index contributed by atoms with van der Waals surface area (Å²) in [7, 11) is 0. The highest BCUT2D eigenvalue weighted by molar-refractivity contribution is 9.10. The molecule has 2 nitrogen and oxygen atoms in total. The summed E-state index contributed by atoms with van der Waals surface area (Å²) in [5.74, 6) is -1.14. The zero-order chi connectivity index (χ0) is 11.6. The highest BCUT2D eigenvalue weighted by Crippen LogP contribution is 2.37. The molecule has 0 aliphatic carbocycles. The number of aliphatic carboxylic acids is 1. The van der Waals surface area contributed by atoms with Crippen LogP contribution in [-0.4, -0.2) is 11.1 Å². The number of hydrogen-bond donors (Lipinski definition) is 1. The lowest BCUT2D eigenvalue weighted by atomic mass is 9.84. The maximum absolute atomic E-state index is 13.9. The third kappa shape index (κ3) is 2.56. The molecule has 1 aromatic rings.